The minimum Gasteiger partial charge on any atom is -0.378 e. The first-order chi connectivity index (χ1) is 15.6. The molecule has 32 heavy (non-hydrogen) atoms. The van der Waals surface area contributed by atoms with Crippen molar-refractivity contribution in [2.45, 2.75) is 38.3 Å². The average molecular weight is 436 g/mol. The standard InChI is InChI=1S/C24H29N5O3/c1-28(2)20-7-5-18(6-8-20)16-29(17-21-4-3-15-31-21)23(30)10-9-22-26-24(27-32-22)19-11-13-25-14-12-19/h5-8,11-14,21H,3-4,9-10,15-17H2,1-2H3. The highest BCUT2D eigenvalue weighted by Gasteiger charge is 2.23. The second-order valence-corrected chi connectivity index (χ2v) is 8.22. The number of nitrogens with zero attached hydrogens (tertiary/aromatic N) is 5. The van der Waals surface area contributed by atoms with Crippen LogP contribution in [0.5, 0.6) is 0 Å². The van der Waals surface area contributed by atoms with Gasteiger partial charge in [0, 0.05) is 70.3 Å². The van der Waals surface area contributed by atoms with Crippen molar-refractivity contribution in [3.05, 3.63) is 60.2 Å². The molecule has 1 saturated heterocycles. The van der Waals surface area contributed by atoms with E-state index in [1.807, 2.05) is 31.1 Å². The van der Waals surface area contributed by atoms with Crippen LogP contribution in [0.15, 0.2) is 53.3 Å². The molecular weight excluding hydrogens is 406 g/mol. The zero-order chi connectivity index (χ0) is 22.3. The normalized spacial score (nSPS) is 15.6. The molecule has 4 rings (SSSR count). The summed E-state index contributed by atoms with van der Waals surface area (Å²) in [6.07, 6.45) is 6.21. The Morgan fingerprint density at radius 1 is 1.12 bits per heavy atom. The molecule has 8 heteroatoms. The van der Waals surface area contributed by atoms with Crippen molar-refractivity contribution in [3.8, 4) is 11.4 Å². The lowest BCUT2D eigenvalue weighted by atomic mass is 10.1. The number of amides is 1. The fourth-order valence-corrected chi connectivity index (χ4v) is 3.76. The quantitative estimate of drug-likeness (QED) is 0.510. The highest BCUT2D eigenvalue weighted by Crippen LogP contribution is 2.19. The van der Waals surface area contributed by atoms with Crippen LogP contribution in [0.1, 0.15) is 30.7 Å². The van der Waals surface area contributed by atoms with Gasteiger partial charge < -0.3 is 19.1 Å². The molecule has 0 spiro atoms. The third kappa shape index (κ3) is 5.70. The van der Waals surface area contributed by atoms with E-state index >= 15 is 0 Å². The summed E-state index contributed by atoms with van der Waals surface area (Å²) >= 11 is 0. The predicted molar refractivity (Wildman–Crippen MR) is 121 cm³/mol. The first-order valence-electron chi connectivity index (χ1n) is 11.0. The van der Waals surface area contributed by atoms with Crippen LogP contribution in [0.25, 0.3) is 11.4 Å². The largest absolute Gasteiger partial charge is 0.378 e. The Kier molecular flexibility index (Phi) is 7.11. The average Bonchev–Trinajstić information content (AvgIpc) is 3.50. The van der Waals surface area contributed by atoms with Crippen molar-refractivity contribution in [2.24, 2.45) is 0 Å². The minimum absolute atomic E-state index is 0.0563. The van der Waals surface area contributed by atoms with Crippen LogP contribution in [0, 0.1) is 0 Å². The number of hydrogen-bond acceptors (Lipinski definition) is 7. The molecule has 1 amide bonds. The Hall–Kier alpha value is -3.26. The summed E-state index contributed by atoms with van der Waals surface area (Å²) in [7, 11) is 4.03. The third-order valence-electron chi connectivity index (χ3n) is 5.59. The topological polar surface area (TPSA) is 84.6 Å². The molecule has 3 aromatic rings. The first-order valence-corrected chi connectivity index (χ1v) is 11.0. The number of carbonyl (C=O) groups is 1. The van der Waals surface area contributed by atoms with E-state index in [0.717, 1.165) is 36.3 Å². The molecule has 1 aliphatic rings. The maximum Gasteiger partial charge on any atom is 0.227 e. The van der Waals surface area contributed by atoms with Crippen molar-refractivity contribution in [3.63, 3.8) is 0 Å². The van der Waals surface area contributed by atoms with Crippen LogP contribution in [0.4, 0.5) is 5.69 Å². The van der Waals surface area contributed by atoms with Gasteiger partial charge in [0.1, 0.15) is 0 Å². The Morgan fingerprint density at radius 3 is 2.59 bits per heavy atom. The van der Waals surface area contributed by atoms with Gasteiger partial charge in [0.25, 0.3) is 0 Å². The SMILES string of the molecule is CN(C)c1ccc(CN(CC2CCCO2)C(=O)CCc2nc(-c3ccncc3)no2)cc1. The molecule has 1 atom stereocenters. The van der Waals surface area contributed by atoms with E-state index in [1.165, 1.54) is 0 Å². The van der Waals surface area contributed by atoms with Gasteiger partial charge in [-0.15, -0.1) is 0 Å². The third-order valence-corrected chi connectivity index (χ3v) is 5.59. The summed E-state index contributed by atoms with van der Waals surface area (Å²) in [4.78, 5) is 25.5. The fraction of sp³-hybridized carbons (Fsp3) is 0.417. The summed E-state index contributed by atoms with van der Waals surface area (Å²) in [5.41, 5.74) is 3.06. The van der Waals surface area contributed by atoms with Crippen molar-refractivity contribution < 1.29 is 14.1 Å². The smallest absolute Gasteiger partial charge is 0.227 e. The molecule has 1 unspecified atom stereocenters. The molecule has 0 saturated carbocycles. The van der Waals surface area contributed by atoms with Gasteiger partial charge in [-0.1, -0.05) is 17.3 Å². The van der Waals surface area contributed by atoms with Crippen LogP contribution in [0.3, 0.4) is 0 Å². The lowest BCUT2D eigenvalue weighted by molar-refractivity contribution is -0.133. The van der Waals surface area contributed by atoms with Gasteiger partial charge in [-0.3, -0.25) is 9.78 Å². The molecule has 3 heterocycles. The molecule has 0 bridgehead atoms. The molecule has 168 valence electrons. The molecule has 1 aromatic carbocycles. The molecule has 2 aromatic heterocycles. The molecular formula is C24H29N5O3. The number of aromatic nitrogens is 3. The van der Waals surface area contributed by atoms with Crippen molar-refractivity contribution >= 4 is 11.6 Å². The summed E-state index contributed by atoms with van der Waals surface area (Å²) in [5, 5.41) is 4.02. The van der Waals surface area contributed by atoms with E-state index in [-0.39, 0.29) is 12.0 Å². The minimum atomic E-state index is 0.0563. The van der Waals surface area contributed by atoms with Gasteiger partial charge in [-0.2, -0.15) is 4.98 Å². The number of aryl methyl sites for hydroxylation is 1. The molecule has 1 fully saturated rings. The number of rotatable bonds is 9. The van der Waals surface area contributed by atoms with Crippen LogP contribution in [-0.4, -0.2) is 59.3 Å². The molecule has 8 nitrogen and oxygen atoms in total. The fourth-order valence-electron chi connectivity index (χ4n) is 3.76. The van der Waals surface area contributed by atoms with E-state index in [4.69, 9.17) is 9.26 Å². The van der Waals surface area contributed by atoms with E-state index in [9.17, 15) is 4.79 Å². The monoisotopic (exact) mass is 435 g/mol. The van der Waals surface area contributed by atoms with Gasteiger partial charge in [0.15, 0.2) is 0 Å². The number of benzene rings is 1. The van der Waals surface area contributed by atoms with Crippen LogP contribution in [-0.2, 0) is 22.5 Å². The number of anilines is 1. The first kappa shape index (κ1) is 22.0. The lowest BCUT2D eigenvalue weighted by Gasteiger charge is -2.26. The number of ether oxygens (including phenoxy) is 1. The maximum absolute atomic E-state index is 13.1. The highest BCUT2D eigenvalue weighted by molar-refractivity contribution is 5.76. The number of pyridine rings is 1. The van der Waals surface area contributed by atoms with E-state index < -0.39 is 0 Å². The van der Waals surface area contributed by atoms with Gasteiger partial charge in [0.05, 0.1) is 6.10 Å². The van der Waals surface area contributed by atoms with E-state index in [0.29, 0.717) is 37.6 Å². The summed E-state index contributed by atoms with van der Waals surface area (Å²) in [6.45, 7) is 1.92. The summed E-state index contributed by atoms with van der Waals surface area (Å²) in [6, 6.07) is 11.9. The van der Waals surface area contributed by atoms with Crippen molar-refractivity contribution in [1.29, 1.82) is 0 Å². The van der Waals surface area contributed by atoms with E-state index in [1.54, 1.807) is 12.4 Å². The zero-order valence-corrected chi connectivity index (χ0v) is 18.6. The second kappa shape index (κ2) is 10.4. The lowest BCUT2D eigenvalue weighted by Crippen LogP contribution is -2.37. The van der Waals surface area contributed by atoms with Crippen LogP contribution in [0.2, 0.25) is 0 Å². The molecule has 1 aliphatic heterocycles. The highest BCUT2D eigenvalue weighted by atomic mass is 16.5. The summed E-state index contributed by atoms with van der Waals surface area (Å²) < 4.78 is 11.1. The Bertz CT molecular complexity index is 998. The Morgan fingerprint density at radius 2 is 1.91 bits per heavy atom. The van der Waals surface area contributed by atoms with Gasteiger partial charge in [0.2, 0.25) is 17.6 Å². The van der Waals surface area contributed by atoms with Crippen LogP contribution < -0.4 is 4.90 Å². The zero-order valence-electron chi connectivity index (χ0n) is 18.6. The van der Waals surface area contributed by atoms with Crippen molar-refractivity contribution in [1.82, 2.24) is 20.0 Å². The van der Waals surface area contributed by atoms with Gasteiger partial charge in [-0.05, 0) is 42.7 Å². The Labute approximate surface area is 188 Å². The predicted octanol–water partition coefficient (Wildman–Crippen LogP) is 3.34. The van der Waals surface area contributed by atoms with Crippen LogP contribution >= 0.6 is 0 Å². The van der Waals surface area contributed by atoms with Gasteiger partial charge >= 0.3 is 0 Å². The Balaban J connectivity index is 1.40. The maximum atomic E-state index is 13.1. The number of carbonyl (C=O) groups excluding carboxylic acids is 1. The molecule has 0 aliphatic carbocycles. The number of hydrogen-bond donors (Lipinski definition) is 0. The second-order valence-electron chi connectivity index (χ2n) is 8.22. The van der Waals surface area contributed by atoms with E-state index in [2.05, 4.69) is 44.3 Å². The summed E-state index contributed by atoms with van der Waals surface area (Å²) in [5.74, 6) is 1.02. The van der Waals surface area contributed by atoms with Crippen molar-refractivity contribution in [2.75, 3.05) is 32.1 Å². The molecule has 0 radical (unpaired) electrons. The molecule has 0 N–H and O–H groups in total. The van der Waals surface area contributed by atoms with Gasteiger partial charge in [-0.25, -0.2) is 0 Å².